The third-order valence-electron chi connectivity index (χ3n) is 3.34. The first kappa shape index (κ1) is 13.0. The number of aryl methyl sites for hydroxylation is 1. The second kappa shape index (κ2) is 5.96. The Morgan fingerprint density at radius 3 is 3.10 bits per heavy atom. The maximum Gasteiger partial charge on any atom is 0.231 e. The van der Waals surface area contributed by atoms with E-state index >= 15 is 0 Å². The average Bonchev–Trinajstić information content (AvgIpc) is 3.09. The molecular weight excluding hydrogens is 254 g/mol. The third-order valence-corrected chi connectivity index (χ3v) is 3.34. The molecule has 0 atom stereocenters. The van der Waals surface area contributed by atoms with Crippen molar-refractivity contribution in [1.29, 1.82) is 0 Å². The van der Waals surface area contributed by atoms with Crippen molar-refractivity contribution >= 4 is 0 Å². The van der Waals surface area contributed by atoms with Crippen LogP contribution in [0.4, 0.5) is 0 Å². The molecule has 0 radical (unpaired) electrons. The second-order valence-electron chi connectivity index (χ2n) is 4.80. The van der Waals surface area contributed by atoms with Crippen LogP contribution in [0.3, 0.4) is 0 Å². The average molecular weight is 273 g/mol. The molecule has 0 unspecified atom stereocenters. The molecule has 0 aliphatic carbocycles. The molecule has 106 valence electrons. The Bertz CT molecular complexity index is 580. The van der Waals surface area contributed by atoms with Crippen LogP contribution in [0.25, 0.3) is 0 Å². The van der Waals surface area contributed by atoms with Gasteiger partial charge in [0.1, 0.15) is 0 Å². The van der Waals surface area contributed by atoms with E-state index < -0.39 is 0 Å². The Balaban J connectivity index is 1.60. The smallest absolute Gasteiger partial charge is 0.231 e. The van der Waals surface area contributed by atoms with Gasteiger partial charge in [0.25, 0.3) is 0 Å². The van der Waals surface area contributed by atoms with Crippen molar-refractivity contribution in [3.63, 3.8) is 0 Å². The number of para-hydroxylation sites is 1. The van der Waals surface area contributed by atoms with E-state index in [1.54, 1.807) is 0 Å². The standard InChI is InChI=1S/C15H19N3O2/c1-2-8-18-13(6-7-17-18)10-16-9-12-4-3-5-14-15(12)20-11-19-14/h3-7,16H,2,8-11H2,1H3. The molecule has 1 N–H and O–H groups in total. The fraction of sp³-hybridized carbons (Fsp3) is 0.400. The first-order valence-electron chi connectivity index (χ1n) is 6.97. The summed E-state index contributed by atoms with van der Waals surface area (Å²) in [4.78, 5) is 0. The highest BCUT2D eigenvalue weighted by molar-refractivity contribution is 5.48. The molecule has 1 aromatic carbocycles. The van der Waals surface area contributed by atoms with Gasteiger partial charge in [-0.05, 0) is 18.6 Å². The van der Waals surface area contributed by atoms with Gasteiger partial charge >= 0.3 is 0 Å². The SMILES string of the molecule is CCCn1nccc1CNCc1cccc2c1OCO2. The number of hydrogen-bond donors (Lipinski definition) is 1. The van der Waals surface area contributed by atoms with Crippen molar-refractivity contribution in [2.24, 2.45) is 0 Å². The predicted octanol–water partition coefficient (Wildman–Crippen LogP) is 2.31. The predicted molar refractivity (Wildman–Crippen MR) is 75.6 cm³/mol. The number of benzene rings is 1. The molecule has 3 rings (SSSR count). The lowest BCUT2D eigenvalue weighted by Crippen LogP contribution is -2.16. The van der Waals surface area contributed by atoms with E-state index in [0.29, 0.717) is 6.79 Å². The number of aromatic nitrogens is 2. The van der Waals surface area contributed by atoms with E-state index in [4.69, 9.17) is 9.47 Å². The van der Waals surface area contributed by atoms with Gasteiger partial charge in [-0.3, -0.25) is 4.68 Å². The molecule has 0 saturated heterocycles. The van der Waals surface area contributed by atoms with Crippen LogP contribution in [-0.2, 0) is 19.6 Å². The lowest BCUT2D eigenvalue weighted by molar-refractivity contribution is 0.173. The molecule has 1 aliphatic heterocycles. The molecule has 5 heteroatoms. The zero-order valence-corrected chi connectivity index (χ0v) is 11.6. The number of nitrogens with one attached hydrogen (secondary N) is 1. The zero-order valence-electron chi connectivity index (χ0n) is 11.6. The molecule has 2 aromatic rings. The Kier molecular flexibility index (Phi) is 3.87. The second-order valence-corrected chi connectivity index (χ2v) is 4.80. The maximum atomic E-state index is 5.50. The van der Waals surface area contributed by atoms with Crippen molar-refractivity contribution in [1.82, 2.24) is 15.1 Å². The monoisotopic (exact) mass is 273 g/mol. The van der Waals surface area contributed by atoms with E-state index in [-0.39, 0.29) is 0 Å². The van der Waals surface area contributed by atoms with Crippen LogP contribution < -0.4 is 14.8 Å². The van der Waals surface area contributed by atoms with Gasteiger partial charge in [-0.15, -0.1) is 0 Å². The summed E-state index contributed by atoms with van der Waals surface area (Å²) in [6.45, 7) is 4.98. The van der Waals surface area contributed by atoms with Gasteiger partial charge in [-0.2, -0.15) is 5.10 Å². The lowest BCUT2D eigenvalue weighted by Gasteiger charge is -2.09. The summed E-state index contributed by atoms with van der Waals surface area (Å²) in [6, 6.07) is 8.04. The van der Waals surface area contributed by atoms with Crippen molar-refractivity contribution in [2.75, 3.05) is 6.79 Å². The third kappa shape index (κ3) is 2.63. The zero-order chi connectivity index (χ0) is 13.8. The highest BCUT2D eigenvalue weighted by Gasteiger charge is 2.16. The lowest BCUT2D eigenvalue weighted by atomic mass is 10.2. The van der Waals surface area contributed by atoms with Gasteiger partial charge in [0.15, 0.2) is 11.5 Å². The maximum absolute atomic E-state index is 5.50. The van der Waals surface area contributed by atoms with E-state index in [1.165, 1.54) is 5.69 Å². The van der Waals surface area contributed by atoms with E-state index in [2.05, 4.69) is 29.5 Å². The van der Waals surface area contributed by atoms with Gasteiger partial charge in [0, 0.05) is 31.4 Å². The summed E-state index contributed by atoms with van der Waals surface area (Å²) >= 11 is 0. The summed E-state index contributed by atoms with van der Waals surface area (Å²) < 4.78 is 12.9. The summed E-state index contributed by atoms with van der Waals surface area (Å²) in [7, 11) is 0. The van der Waals surface area contributed by atoms with Crippen LogP contribution in [0.2, 0.25) is 0 Å². The Morgan fingerprint density at radius 1 is 1.25 bits per heavy atom. The first-order valence-corrected chi connectivity index (χ1v) is 6.97. The van der Waals surface area contributed by atoms with Gasteiger partial charge in [0.05, 0.1) is 5.69 Å². The molecule has 0 saturated carbocycles. The summed E-state index contributed by atoms with van der Waals surface area (Å²) in [5.41, 5.74) is 2.33. The molecule has 0 spiro atoms. The van der Waals surface area contributed by atoms with Crippen molar-refractivity contribution < 1.29 is 9.47 Å². The van der Waals surface area contributed by atoms with Crippen LogP contribution in [0.5, 0.6) is 11.5 Å². The van der Waals surface area contributed by atoms with Gasteiger partial charge in [0.2, 0.25) is 6.79 Å². The first-order chi connectivity index (χ1) is 9.88. The van der Waals surface area contributed by atoms with Crippen LogP contribution in [0.1, 0.15) is 24.6 Å². The molecular formula is C15H19N3O2. The quantitative estimate of drug-likeness (QED) is 0.877. The van der Waals surface area contributed by atoms with E-state index in [1.807, 2.05) is 23.0 Å². The number of nitrogens with zero attached hydrogens (tertiary/aromatic N) is 2. The number of rotatable bonds is 6. The Morgan fingerprint density at radius 2 is 2.20 bits per heavy atom. The number of hydrogen-bond acceptors (Lipinski definition) is 4. The molecule has 1 aliphatic rings. The molecule has 0 fully saturated rings. The van der Waals surface area contributed by atoms with Crippen molar-refractivity contribution in [3.8, 4) is 11.5 Å². The highest BCUT2D eigenvalue weighted by Crippen LogP contribution is 2.35. The van der Waals surface area contributed by atoms with Gasteiger partial charge in [-0.1, -0.05) is 19.1 Å². The molecule has 2 heterocycles. The van der Waals surface area contributed by atoms with Crippen LogP contribution in [0.15, 0.2) is 30.5 Å². The minimum Gasteiger partial charge on any atom is -0.454 e. The Labute approximate surface area is 118 Å². The summed E-state index contributed by atoms with van der Waals surface area (Å²) in [6.07, 6.45) is 2.94. The number of fused-ring (bicyclic) bond motifs is 1. The fourth-order valence-corrected chi connectivity index (χ4v) is 2.38. The highest BCUT2D eigenvalue weighted by atomic mass is 16.7. The van der Waals surface area contributed by atoms with E-state index in [9.17, 15) is 0 Å². The molecule has 20 heavy (non-hydrogen) atoms. The van der Waals surface area contributed by atoms with Crippen LogP contribution in [-0.4, -0.2) is 16.6 Å². The fourth-order valence-electron chi connectivity index (χ4n) is 2.38. The molecule has 0 bridgehead atoms. The Hall–Kier alpha value is -2.01. The summed E-state index contributed by atoms with van der Waals surface area (Å²) in [5, 5.41) is 7.76. The molecule has 1 aromatic heterocycles. The van der Waals surface area contributed by atoms with E-state index in [0.717, 1.165) is 43.1 Å². The molecule has 5 nitrogen and oxygen atoms in total. The number of ether oxygens (including phenoxy) is 2. The van der Waals surface area contributed by atoms with Crippen molar-refractivity contribution in [3.05, 3.63) is 41.7 Å². The minimum atomic E-state index is 0.315. The topological polar surface area (TPSA) is 48.3 Å². The van der Waals surface area contributed by atoms with Gasteiger partial charge in [-0.25, -0.2) is 0 Å². The van der Waals surface area contributed by atoms with Crippen LogP contribution in [0, 0.1) is 0 Å². The molecule has 0 amide bonds. The van der Waals surface area contributed by atoms with Crippen molar-refractivity contribution in [2.45, 2.75) is 33.0 Å². The largest absolute Gasteiger partial charge is 0.454 e. The van der Waals surface area contributed by atoms with Crippen LogP contribution >= 0.6 is 0 Å². The van der Waals surface area contributed by atoms with Gasteiger partial charge < -0.3 is 14.8 Å². The normalized spacial score (nSPS) is 12.8. The summed E-state index contributed by atoms with van der Waals surface area (Å²) in [5.74, 6) is 1.70. The minimum absolute atomic E-state index is 0.315.